The molecular weight excluding hydrogens is 331 g/mol. The van der Waals surface area contributed by atoms with Gasteiger partial charge in [0.25, 0.3) is 0 Å². The van der Waals surface area contributed by atoms with Crippen molar-refractivity contribution in [2.75, 3.05) is 0 Å². The van der Waals surface area contributed by atoms with E-state index in [2.05, 4.69) is 21.7 Å². The Bertz CT molecular complexity index is 755. The number of hydrogen-bond acceptors (Lipinski definition) is 4. The summed E-state index contributed by atoms with van der Waals surface area (Å²) in [6.07, 6.45) is 4.50. The summed E-state index contributed by atoms with van der Waals surface area (Å²) in [4.78, 5) is 12.0. The molecule has 0 N–H and O–H groups in total. The molecule has 0 spiro atoms. The Morgan fingerprint density at radius 3 is 2.33 bits per heavy atom. The van der Waals surface area contributed by atoms with Crippen molar-refractivity contribution in [3.8, 4) is 6.07 Å². The second-order valence-electron chi connectivity index (χ2n) is 3.88. The van der Waals surface area contributed by atoms with Gasteiger partial charge in [0.05, 0.1) is 32.4 Å². The van der Waals surface area contributed by atoms with Crippen LogP contribution in [0.5, 0.6) is 0 Å². The number of hydrogen-bond donors (Lipinski definition) is 0. The van der Waals surface area contributed by atoms with E-state index in [9.17, 15) is 0 Å². The van der Waals surface area contributed by atoms with Crippen molar-refractivity contribution in [3.63, 3.8) is 0 Å². The first-order valence-electron chi connectivity index (χ1n) is 5.60. The van der Waals surface area contributed by atoms with Gasteiger partial charge in [-0.1, -0.05) is 34.8 Å². The fourth-order valence-corrected chi connectivity index (χ4v) is 2.40. The monoisotopic (exact) mass is 336 g/mol. The zero-order valence-corrected chi connectivity index (χ0v) is 12.8. The van der Waals surface area contributed by atoms with E-state index in [1.54, 1.807) is 6.20 Å². The fraction of sp³-hybridized carbons (Fsp3) is 0. The molecule has 2 aromatic rings. The molecule has 0 unspecified atom stereocenters. The maximum Gasteiger partial charge on any atom is 0.100 e. The molecule has 0 atom stereocenters. The van der Waals surface area contributed by atoms with Crippen LogP contribution in [0.1, 0.15) is 11.1 Å². The highest BCUT2D eigenvalue weighted by Crippen LogP contribution is 2.34. The van der Waals surface area contributed by atoms with Gasteiger partial charge in [-0.2, -0.15) is 5.26 Å². The third-order valence-electron chi connectivity index (χ3n) is 2.54. The lowest BCUT2D eigenvalue weighted by Crippen LogP contribution is -1.86. The highest BCUT2D eigenvalue weighted by atomic mass is 35.5. The van der Waals surface area contributed by atoms with Crippen LogP contribution in [-0.4, -0.2) is 17.9 Å². The van der Waals surface area contributed by atoms with Crippen LogP contribution in [0.25, 0.3) is 0 Å². The van der Waals surface area contributed by atoms with Crippen molar-refractivity contribution in [2.24, 2.45) is 9.98 Å². The van der Waals surface area contributed by atoms with E-state index in [1.165, 1.54) is 24.5 Å². The van der Waals surface area contributed by atoms with Gasteiger partial charge in [0.1, 0.15) is 5.69 Å². The number of benzene rings is 1. The third kappa shape index (κ3) is 3.40. The fourth-order valence-electron chi connectivity index (χ4n) is 1.59. The largest absolute Gasteiger partial charge is 0.262 e. The van der Waals surface area contributed by atoms with Gasteiger partial charge in [0, 0.05) is 24.2 Å². The first-order chi connectivity index (χ1) is 10.1. The maximum absolute atomic E-state index is 8.84. The second kappa shape index (κ2) is 6.68. The molecule has 4 nitrogen and oxygen atoms in total. The summed E-state index contributed by atoms with van der Waals surface area (Å²) in [6, 6.07) is 4.94. The van der Waals surface area contributed by atoms with E-state index in [-0.39, 0.29) is 10.0 Å². The van der Waals surface area contributed by atoms with Crippen LogP contribution in [-0.2, 0) is 0 Å². The standard InChI is InChI=1S/C14H7Cl3N4/c1-19-13-9(5-20-7-12(13)17)6-21-14-10(15)2-8(4-18)3-11(14)16/h2-3,5-7H,1H2. The first kappa shape index (κ1) is 15.5. The van der Waals surface area contributed by atoms with Crippen LogP contribution >= 0.6 is 34.8 Å². The molecule has 104 valence electrons. The average molecular weight is 338 g/mol. The molecule has 0 fully saturated rings. The summed E-state index contributed by atoms with van der Waals surface area (Å²) in [5.41, 5.74) is 1.76. The van der Waals surface area contributed by atoms with Gasteiger partial charge in [0.2, 0.25) is 0 Å². The molecule has 1 aromatic heterocycles. The van der Waals surface area contributed by atoms with E-state index in [0.717, 1.165) is 0 Å². The highest BCUT2D eigenvalue weighted by Gasteiger charge is 2.08. The van der Waals surface area contributed by atoms with E-state index in [1.807, 2.05) is 6.07 Å². The molecule has 7 heteroatoms. The van der Waals surface area contributed by atoms with E-state index >= 15 is 0 Å². The normalized spacial score (nSPS) is 10.6. The molecule has 2 rings (SSSR count). The van der Waals surface area contributed by atoms with Gasteiger partial charge in [0.15, 0.2) is 0 Å². The van der Waals surface area contributed by atoms with Gasteiger partial charge >= 0.3 is 0 Å². The Morgan fingerprint density at radius 2 is 1.76 bits per heavy atom. The summed E-state index contributed by atoms with van der Waals surface area (Å²) < 4.78 is 0. The van der Waals surface area contributed by atoms with E-state index in [4.69, 9.17) is 40.1 Å². The average Bonchev–Trinajstić information content (AvgIpc) is 2.46. The molecule has 0 aliphatic carbocycles. The van der Waals surface area contributed by atoms with Crippen molar-refractivity contribution >= 4 is 59.1 Å². The Labute approximate surface area is 136 Å². The summed E-state index contributed by atoms with van der Waals surface area (Å²) in [5, 5.41) is 9.76. The Morgan fingerprint density at radius 1 is 1.10 bits per heavy atom. The molecule has 21 heavy (non-hydrogen) atoms. The van der Waals surface area contributed by atoms with Crippen molar-refractivity contribution in [2.45, 2.75) is 0 Å². The van der Waals surface area contributed by atoms with Crippen molar-refractivity contribution in [1.82, 2.24) is 4.98 Å². The molecule has 0 radical (unpaired) electrons. The maximum atomic E-state index is 8.84. The highest BCUT2D eigenvalue weighted by molar-refractivity contribution is 6.39. The predicted octanol–water partition coefficient (Wildman–Crippen LogP) is 5.00. The number of aromatic nitrogens is 1. The van der Waals surface area contributed by atoms with Gasteiger partial charge in [-0.25, -0.2) is 0 Å². The number of nitriles is 1. The minimum Gasteiger partial charge on any atom is -0.262 e. The first-order valence-corrected chi connectivity index (χ1v) is 6.73. The van der Waals surface area contributed by atoms with Crippen LogP contribution in [0, 0.1) is 11.3 Å². The number of halogens is 3. The second-order valence-corrected chi connectivity index (χ2v) is 5.10. The SMILES string of the molecule is C=Nc1c(Cl)cncc1C=Nc1c(Cl)cc(C#N)cc1Cl. The van der Waals surface area contributed by atoms with Crippen molar-refractivity contribution in [3.05, 3.63) is 50.7 Å². The summed E-state index contributed by atoms with van der Waals surface area (Å²) in [5.74, 6) is 0. The molecule has 0 saturated heterocycles. The molecular formula is C14H7Cl3N4. The lowest BCUT2D eigenvalue weighted by molar-refractivity contribution is 1.30. The minimum atomic E-state index is 0.276. The van der Waals surface area contributed by atoms with Gasteiger partial charge in [-0.3, -0.25) is 15.0 Å². The molecule has 0 bridgehead atoms. The number of aliphatic imine (C=N–C) groups is 2. The van der Waals surface area contributed by atoms with Gasteiger partial charge in [-0.15, -0.1) is 0 Å². The van der Waals surface area contributed by atoms with E-state index in [0.29, 0.717) is 27.5 Å². The minimum absolute atomic E-state index is 0.276. The van der Waals surface area contributed by atoms with Gasteiger partial charge in [-0.05, 0) is 18.9 Å². The molecule has 1 heterocycles. The van der Waals surface area contributed by atoms with Crippen LogP contribution in [0.2, 0.25) is 15.1 Å². The number of rotatable bonds is 3. The molecule has 0 amide bonds. The molecule has 0 saturated carbocycles. The molecule has 0 aliphatic rings. The van der Waals surface area contributed by atoms with Crippen LogP contribution in [0.3, 0.4) is 0 Å². The molecule has 0 aliphatic heterocycles. The quantitative estimate of drug-likeness (QED) is 0.740. The third-order valence-corrected chi connectivity index (χ3v) is 3.39. The summed E-state index contributed by atoms with van der Waals surface area (Å²) >= 11 is 18.1. The van der Waals surface area contributed by atoms with Crippen molar-refractivity contribution in [1.29, 1.82) is 5.26 Å². The zero-order valence-electron chi connectivity index (χ0n) is 10.5. The van der Waals surface area contributed by atoms with Crippen molar-refractivity contribution < 1.29 is 0 Å². The number of nitrogens with zero attached hydrogens (tertiary/aromatic N) is 4. The number of pyridine rings is 1. The smallest absolute Gasteiger partial charge is 0.100 e. The van der Waals surface area contributed by atoms with E-state index < -0.39 is 0 Å². The van der Waals surface area contributed by atoms with Crippen LogP contribution in [0.15, 0.2) is 34.5 Å². The Hall–Kier alpha value is -1.93. The zero-order chi connectivity index (χ0) is 15.4. The Kier molecular flexibility index (Phi) is 4.92. The molecule has 1 aromatic carbocycles. The van der Waals surface area contributed by atoms with Crippen LogP contribution < -0.4 is 0 Å². The summed E-state index contributed by atoms with van der Waals surface area (Å²) in [7, 11) is 0. The summed E-state index contributed by atoms with van der Waals surface area (Å²) in [6.45, 7) is 3.45. The van der Waals surface area contributed by atoms with Gasteiger partial charge < -0.3 is 0 Å². The Balaban J connectivity index is 2.46. The predicted molar refractivity (Wildman–Crippen MR) is 86.9 cm³/mol. The topological polar surface area (TPSA) is 61.4 Å². The van der Waals surface area contributed by atoms with Crippen LogP contribution in [0.4, 0.5) is 11.4 Å². The lowest BCUT2D eigenvalue weighted by Gasteiger charge is -2.04. The lowest BCUT2D eigenvalue weighted by atomic mass is 10.2.